The number of pyridine rings is 1. The van der Waals surface area contributed by atoms with Crippen LogP contribution in [0.3, 0.4) is 0 Å². The van der Waals surface area contributed by atoms with E-state index in [1.54, 1.807) is 43.8 Å². The Morgan fingerprint density at radius 3 is 2.75 bits per heavy atom. The zero-order valence-corrected chi connectivity index (χ0v) is 17.4. The molecule has 160 valence electrons. The molecule has 5 rings (SSSR count). The van der Waals surface area contributed by atoms with Gasteiger partial charge in [0.15, 0.2) is 17.2 Å². The molecular weight excluding hydrogens is 415 g/mol. The van der Waals surface area contributed by atoms with Gasteiger partial charge in [-0.05, 0) is 60.7 Å². The van der Waals surface area contributed by atoms with E-state index in [1.165, 1.54) is 29.1 Å². The minimum Gasteiger partial charge on any atom is -0.463 e. The number of furan rings is 1. The van der Waals surface area contributed by atoms with Crippen molar-refractivity contribution in [3.05, 3.63) is 65.6 Å². The average Bonchev–Trinajstić information content (AvgIpc) is 3.51. The number of nitrogens with one attached hydrogen (secondary N) is 1. The fraction of sp³-hybridized carbons (Fsp3) is 0.143. The van der Waals surface area contributed by atoms with E-state index in [2.05, 4.69) is 30.9 Å². The highest BCUT2D eigenvalue weighted by Crippen LogP contribution is 2.28. The van der Waals surface area contributed by atoms with Crippen molar-refractivity contribution < 1.29 is 13.6 Å². The number of halogens is 1. The monoisotopic (exact) mass is 432 g/mol. The number of benzene rings is 1. The lowest BCUT2D eigenvalue weighted by molar-refractivity contribution is 0.102. The Balaban J connectivity index is 1.59. The Morgan fingerprint density at radius 2 is 2.03 bits per heavy atom. The molecule has 0 atom stereocenters. The third-order valence-electron chi connectivity index (χ3n) is 5.06. The van der Waals surface area contributed by atoms with Gasteiger partial charge in [-0.2, -0.15) is 9.78 Å². The topological polar surface area (TPSA) is 117 Å². The van der Waals surface area contributed by atoms with E-state index in [1.807, 2.05) is 0 Å². The summed E-state index contributed by atoms with van der Waals surface area (Å²) in [4.78, 5) is 17.9. The molecule has 11 heteroatoms. The summed E-state index contributed by atoms with van der Waals surface area (Å²) < 4.78 is 23.1. The van der Waals surface area contributed by atoms with Gasteiger partial charge in [0.25, 0.3) is 5.91 Å². The summed E-state index contributed by atoms with van der Waals surface area (Å²) in [6.07, 6.45) is 1.53. The molecule has 1 N–H and O–H groups in total. The molecule has 1 aromatic carbocycles. The third kappa shape index (κ3) is 3.20. The molecule has 10 nitrogen and oxygen atoms in total. The summed E-state index contributed by atoms with van der Waals surface area (Å²) in [6.45, 7) is 3.51. The lowest BCUT2D eigenvalue weighted by Gasteiger charge is -2.11. The number of carbonyl (C=O) groups excluding carboxylic acids is 1. The smallest absolute Gasteiger partial charge is 0.256 e. The van der Waals surface area contributed by atoms with Crippen molar-refractivity contribution in [2.24, 2.45) is 7.05 Å². The number of tetrazole rings is 1. The number of hydrogen-bond acceptors (Lipinski definition) is 7. The van der Waals surface area contributed by atoms with Crippen molar-refractivity contribution in [2.45, 2.75) is 13.8 Å². The summed E-state index contributed by atoms with van der Waals surface area (Å²) in [5, 5.41) is 18.9. The Bertz CT molecular complexity index is 1470. The van der Waals surface area contributed by atoms with Crippen molar-refractivity contribution in [1.82, 2.24) is 35.0 Å². The van der Waals surface area contributed by atoms with Crippen LogP contribution in [-0.2, 0) is 7.05 Å². The summed E-state index contributed by atoms with van der Waals surface area (Å²) in [5.74, 6) is -0.0703. The van der Waals surface area contributed by atoms with Gasteiger partial charge in [0, 0.05) is 7.05 Å². The first-order chi connectivity index (χ1) is 15.4. The highest BCUT2D eigenvalue weighted by Gasteiger charge is 2.21. The fourth-order valence-corrected chi connectivity index (χ4v) is 3.58. The SMILES string of the molecule is Cc1nn(C)c2nc(-c3ccco3)cc(C(=O)Nc3cc(-n4nnnc4C)ccc3F)c12. The zero-order valence-electron chi connectivity index (χ0n) is 17.4. The normalized spacial score (nSPS) is 11.2. The van der Waals surface area contributed by atoms with Crippen molar-refractivity contribution in [1.29, 1.82) is 0 Å². The molecule has 0 fully saturated rings. The van der Waals surface area contributed by atoms with Crippen LogP contribution in [-0.4, -0.2) is 40.9 Å². The molecule has 0 saturated carbocycles. The van der Waals surface area contributed by atoms with Gasteiger partial charge in [0.1, 0.15) is 11.5 Å². The van der Waals surface area contributed by atoms with Gasteiger partial charge in [-0.25, -0.2) is 9.37 Å². The maximum atomic E-state index is 14.6. The molecule has 4 heterocycles. The summed E-state index contributed by atoms with van der Waals surface area (Å²) in [7, 11) is 1.74. The second kappa shape index (κ2) is 7.38. The van der Waals surface area contributed by atoms with E-state index in [9.17, 15) is 9.18 Å². The first-order valence-electron chi connectivity index (χ1n) is 9.67. The number of rotatable bonds is 4. The van der Waals surface area contributed by atoms with Gasteiger partial charge >= 0.3 is 0 Å². The van der Waals surface area contributed by atoms with Crippen LogP contribution in [0.5, 0.6) is 0 Å². The van der Waals surface area contributed by atoms with E-state index < -0.39 is 11.7 Å². The minimum absolute atomic E-state index is 0.00606. The van der Waals surface area contributed by atoms with Crippen molar-refractivity contribution in [3.8, 4) is 17.1 Å². The second-order valence-corrected chi connectivity index (χ2v) is 7.20. The van der Waals surface area contributed by atoms with Gasteiger partial charge < -0.3 is 9.73 Å². The van der Waals surface area contributed by atoms with Crippen LogP contribution in [0.15, 0.2) is 47.1 Å². The maximum Gasteiger partial charge on any atom is 0.256 e. The molecule has 0 aliphatic heterocycles. The molecule has 5 aromatic rings. The highest BCUT2D eigenvalue weighted by molar-refractivity contribution is 6.13. The van der Waals surface area contributed by atoms with Crippen molar-refractivity contribution >= 4 is 22.6 Å². The quantitative estimate of drug-likeness (QED) is 0.463. The molecule has 32 heavy (non-hydrogen) atoms. The predicted molar refractivity (Wildman–Crippen MR) is 113 cm³/mol. The van der Waals surface area contributed by atoms with Crippen LogP contribution >= 0.6 is 0 Å². The van der Waals surface area contributed by atoms with E-state index >= 15 is 0 Å². The number of aryl methyl sites for hydroxylation is 3. The predicted octanol–water partition coefficient (Wildman–Crippen LogP) is 3.21. The average molecular weight is 432 g/mol. The molecule has 1 amide bonds. The standard InChI is InChI=1S/C21H17FN8O2/c1-11-19-14(10-17(18-5-4-8-32-18)23-20(19)29(3)26-11)21(31)24-16-9-13(6-7-15(16)22)30-12(2)25-27-28-30/h4-10H,1-3H3,(H,24,31). The molecular formula is C21H17FN8O2. The molecule has 0 saturated heterocycles. The number of aromatic nitrogens is 7. The fourth-order valence-electron chi connectivity index (χ4n) is 3.58. The van der Waals surface area contributed by atoms with Gasteiger partial charge in [0.2, 0.25) is 0 Å². The molecule has 0 spiro atoms. The summed E-state index contributed by atoms with van der Waals surface area (Å²) in [5.41, 5.74) is 2.42. The molecule has 0 bridgehead atoms. The summed E-state index contributed by atoms with van der Waals surface area (Å²) in [6, 6.07) is 9.34. The van der Waals surface area contributed by atoms with Gasteiger partial charge in [-0.3, -0.25) is 9.48 Å². The summed E-state index contributed by atoms with van der Waals surface area (Å²) >= 11 is 0. The molecule has 0 radical (unpaired) electrons. The maximum absolute atomic E-state index is 14.6. The second-order valence-electron chi connectivity index (χ2n) is 7.20. The van der Waals surface area contributed by atoms with Crippen molar-refractivity contribution in [2.75, 3.05) is 5.32 Å². The minimum atomic E-state index is -0.590. The molecule has 0 aliphatic rings. The molecule has 4 aromatic heterocycles. The van der Waals surface area contributed by atoms with Crippen LogP contribution in [0.2, 0.25) is 0 Å². The first kappa shape index (κ1) is 19.5. The Hall–Kier alpha value is -4.41. The first-order valence-corrected chi connectivity index (χ1v) is 9.67. The van der Waals surface area contributed by atoms with Crippen molar-refractivity contribution in [3.63, 3.8) is 0 Å². The zero-order chi connectivity index (χ0) is 22.4. The van der Waals surface area contributed by atoms with Gasteiger partial charge in [-0.1, -0.05) is 0 Å². The van der Waals surface area contributed by atoms with E-state index in [0.29, 0.717) is 45.3 Å². The van der Waals surface area contributed by atoms with E-state index in [4.69, 9.17) is 4.42 Å². The molecule has 0 aliphatic carbocycles. The number of anilines is 1. The van der Waals surface area contributed by atoms with Crippen LogP contribution in [0, 0.1) is 19.7 Å². The third-order valence-corrected chi connectivity index (χ3v) is 5.06. The van der Waals surface area contributed by atoms with Crippen LogP contribution in [0.1, 0.15) is 21.9 Å². The Kier molecular flexibility index (Phi) is 4.51. The van der Waals surface area contributed by atoms with Crippen LogP contribution in [0.25, 0.3) is 28.2 Å². The van der Waals surface area contributed by atoms with Crippen LogP contribution < -0.4 is 5.32 Å². The van der Waals surface area contributed by atoms with Gasteiger partial charge in [-0.15, -0.1) is 5.10 Å². The lowest BCUT2D eigenvalue weighted by atomic mass is 10.1. The number of hydrogen-bond donors (Lipinski definition) is 1. The number of fused-ring (bicyclic) bond motifs is 1. The van der Waals surface area contributed by atoms with Gasteiger partial charge in [0.05, 0.1) is 34.3 Å². The largest absolute Gasteiger partial charge is 0.463 e. The number of nitrogens with zero attached hydrogens (tertiary/aromatic N) is 7. The van der Waals surface area contributed by atoms with Crippen LogP contribution in [0.4, 0.5) is 10.1 Å². The molecule has 0 unspecified atom stereocenters. The Morgan fingerprint density at radius 1 is 1.19 bits per heavy atom. The number of carbonyl (C=O) groups is 1. The van der Waals surface area contributed by atoms with E-state index in [-0.39, 0.29) is 5.69 Å². The van der Waals surface area contributed by atoms with E-state index in [0.717, 1.165) is 0 Å². The number of amides is 1. The lowest BCUT2D eigenvalue weighted by Crippen LogP contribution is -2.15. The Labute approximate surface area is 180 Å². The highest BCUT2D eigenvalue weighted by atomic mass is 19.1.